The number of ether oxygens (including phenoxy) is 2. The fourth-order valence-electron chi connectivity index (χ4n) is 2.55. The molecule has 0 amide bonds. The van der Waals surface area contributed by atoms with Gasteiger partial charge in [0.05, 0.1) is 6.61 Å². The van der Waals surface area contributed by atoms with Crippen molar-refractivity contribution in [3.63, 3.8) is 0 Å². The van der Waals surface area contributed by atoms with Gasteiger partial charge >= 0.3 is 5.97 Å². The fraction of sp³-hybridized carbons (Fsp3) is 0.381. The third-order valence-corrected chi connectivity index (χ3v) is 3.85. The van der Waals surface area contributed by atoms with E-state index in [2.05, 4.69) is 13.8 Å². The van der Waals surface area contributed by atoms with Crippen LogP contribution in [0.4, 0.5) is 0 Å². The van der Waals surface area contributed by atoms with Crippen LogP contribution in [-0.2, 0) is 11.2 Å². The molecule has 0 saturated carbocycles. The summed E-state index contributed by atoms with van der Waals surface area (Å²) in [5.74, 6) is 0.850. The molecule has 1 N–H and O–H groups in total. The van der Waals surface area contributed by atoms with Crippen molar-refractivity contribution in [2.24, 2.45) is 5.92 Å². The second-order valence-corrected chi connectivity index (χ2v) is 6.72. The SMILES string of the molecule is Cc1cccc(C)c1OC(Cc1cccc(OCC(C)C)c1)C(=O)O. The van der Waals surface area contributed by atoms with Gasteiger partial charge in [-0.25, -0.2) is 4.79 Å². The van der Waals surface area contributed by atoms with Crippen molar-refractivity contribution < 1.29 is 19.4 Å². The van der Waals surface area contributed by atoms with E-state index >= 15 is 0 Å². The zero-order valence-electron chi connectivity index (χ0n) is 15.3. The fourth-order valence-corrected chi connectivity index (χ4v) is 2.55. The summed E-state index contributed by atoms with van der Waals surface area (Å²) in [7, 11) is 0. The van der Waals surface area contributed by atoms with E-state index in [4.69, 9.17) is 9.47 Å². The van der Waals surface area contributed by atoms with Crippen LogP contribution in [0.25, 0.3) is 0 Å². The molecule has 0 fully saturated rings. The van der Waals surface area contributed by atoms with Crippen LogP contribution in [-0.4, -0.2) is 23.8 Å². The Morgan fingerprint density at radius 2 is 1.72 bits per heavy atom. The minimum Gasteiger partial charge on any atom is -0.493 e. The largest absolute Gasteiger partial charge is 0.493 e. The van der Waals surface area contributed by atoms with Crippen molar-refractivity contribution in [2.45, 2.75) is 40.2 Å². The maximum absolute atomic E-state index is 11.7. The first-order chi connectivity index (χ1) is 11.9. The molecular formula is C21H26O4. The highest BCUT2D eigenvalue weighted by Gasteiger charge is 2.22. The number of hydrogen-bond acceptors (Lipinski definition) is 3. The molecule has 2 aromatic carbocycles. The Balaban J connectivity index is 2.14. The molecule has 0 aromatic heterocycles. The van der Waals surface area contributed by atoms with Gasteiger partial charge in [-0.1, -0.05) is 44.2 Å². The van der Waals surface area contributed by atoms with Gasteiger partial charge in [0.25, 0.3) is 0 Å². The molecular weight excluding hydrogens is 316 g/mol. The lowest BCUT2D eigenvalue weighted by Gasteiger charge is -2.19. The minimum absolute atomic E-state index is 0.280. The number of carbonyl (C=O) groups is 1. The van der Waals surface area contributed by atoms with Crippen LogP contribution in [0.5, 0.6) is 11.5 Å². The second kappa shape index (κ2) is 8.56. The lowest BCUT2D eigenvalue weighted by atomic mass is 10.1. The molecule has 0 bridgehead atoms. The Labute approximate surface area is 149 Å². The van der Waals surface area contributed by atoms with Gasteiger partial charge in [-0.3, -0.25) is 0 Å². The van der Waals surface area contributed by atoms with Crippen molar-refractivity contribution in [1.29, 1.82) is 0 Å². The Morgan fingerprint density at radius 1 is 1.08 bits per heavy atom. The summed E-state index contributed by atoms with van der Waals surface area (Å²) in [5.41, 5.74) is 2.74. The van der Waals surface area contributed by atoms with Gasteiger partial charge in [0.15, 0.2) is 6.10 Å². The smallest absolute Gasteiger partial charge is 0.345 e. The molecule has 0 heterocycles. The summed E-state index contributed by atoms with van der Waals surface area (Å²) in [4.78, 5) is 11.7. The number of para-hydroxylation sites is 1. The van der Waals surface area contributed by atoms with Crippen molar-refractivity contribution in [1.82, 2.24) is 0 Å². The lowest BCUT2D eigenvalue weighted by Crippen LogP contribution is -2.30. The normalized spacial score (nSPS) is 12.0. The van der Waals surface area contributed by atoms with Gasteiger partial charge in [0, 0.05) is 6.42 Å². The third kappa shape index (κ3) is 5.52. The molecule has 4 nitrogen and oxygen atoms in total. The monoisotopic (exact) mass is 342 g/mol. The lowest BCUT2D eigenvalue weighted by molar-refractivity contribution is -0.145. The predicted molar refractivity (Wildman–Crippen MR) is 98.4 cm³/mol. The number of carboxylic acids is 1. The first kappa shape index (κ1) is 18.8. The first-order valence-corrected chi connectivity index (χ1v) is 8.54. The molecule has 2 rings (SSSR count). The van der Waals surface area contributed by atoms with E-state index in [1.165, 1.54) is 0 Å². The molecule has 0 saturated heterocycles. The van der Waals surface area contributed by atoms with Crippen molar-refractivity contribution in [3.8, 4) is 11.5 Å². The molecule has 0 radical (unpaired) electrons. The van der Waals surface area contributed by atoms with E-state index in [0.29, 0.717) is 18.3 Å². The zero-order chi connectivity index (χ0) is 18.4. The molecule has 1 atom stereocenters. The van der Waals surface area contributed by atoms with Crippen molar-refractivity contribution in [3.05, 3.63) is 59.2 Å². The molecule has 0 spiro atoms. The number of rotatable bonds is 8. The van der Waals surface area contributed by atoms with Crippen LogP contribution >= 0.6 is 0 Å². The van der Waals surface area contributed by atoms with Gasteiger partial charge < -0.3 is 14.6 Å². The average Bonchev–Trinajstić information content (AvgIpc) is 2.55. The first-order valence-electron chi connectivity index (χ1n) is 8.54. The van der Waals surface area contributed by atoms with Gasteiger partial charge in [0.1, 0.15) is 11.5 Å². The Hall–Kier alpha value is -2.49. The van der Waals surface area contributed by atoms with Gasteiger partial charge in [0.2, 0.25) is 0 Å². The molecule has 0 aliphatic rings. The number of hydrogen-bond donors (Lipinski definition) is 1. The van der Waals surface area contributed by atoms with E-state index in [1.54, 1.807) is 0 Å². The number of aryl methyl sites for hydroxylation is 2. The van der Waals surface area contributed by atoms with Gasteiger partial charge in [-0.2, -0.15) is 0 Å². The second-order valence-electron chi connectivity index (χ2n) is 6.72. The maximum atomic E-state index is 11.7. The molecule has 4 heteroatoms. The molecule has 0 aliphatic carbocycles. The summed E-state index contributed by atoms with van der Waals surface area (Å²) in [6.07, 6.45) is -0.665. The maximum Gasteiger partial charge on any atom is 0.345 e. The molecule has 1 unspecified atom stereocenters. The van der Waals surface area contributed by atoms with E-state index < -0.39 is 12.1 Å². The van der Waals surface area contributed by atoms with E-state index in [9.17, 15) is 9.90 Å². The summed E-state index contributed by atoms with van der Waals surface area (Å²) in [5, 5.41) is 9.57. The van der Waals surface area contributed by atoms with E-state index in [-0.39, 0.29) is 6.42 Å². The number of benzene rings is 2. The third-order valence-electron chi connectivity index (χ3n) is 3.85. The quantitative estimate of drug-likeness (QED) is 0.772. The number of carboxylic acid groups (broad SMARTS) is 1. The Morgan fingerprint density at radius 3 is 2.32 bits per heavy atom. The highest BCUT2D eigenvalue weighted by Crippen LogP contribution is 2.25. The number of aliphatic carboxylic acids is 1. The molecule has 0 aliphatic heterocycles. The van der Waals surface area contributed by atoms with Crippen LogP contribution in [0.2, 0.25) is 0 Å². The highest BCUT2D eigenvalue weighted by molar-refractivity contribution is 5.73. The highest BCUT2D eigenvalue weighted by atomic mass is 16.5. The van der Waals surface area contributed by atoms with Crippen LogP contribution in [0.1, 0.15) is 30.5 Å². The van der Waals surface area contributed by atoms with Crippen LogP contribution in [0.15, 0.2) is 42.5 Å². The van der Waals surface area contributed by atoms with Crippen molar-refractivity contribution in [2.75, 3.05) is 6.61 Å². The summed E-state index contributed by atoms with van der Waals surface area (Å²) in [6, 6.07) is 13.3. The van der Waals surface area contributed by atoms with Crippen molar-refractivity contribution >= 4 is 5.97 Å². The molecule has 2 aromatic rings. The molecule has 134 valence electrons. The van der Waals surface area contributed by atoms with E-state index in [1.807, 2.05) is 56.3 Å². The topological polar surface area (TPSA) is 55.8 Å². The van der Waals surface area contributed by atoms with Crippen LogP contribution < -0.4 is 9.47 Å². The van der Waals surface area contributed by atoms with Gasteiger partial charge in [-0.15, -0.1) is 0 Å². The summed E-state index contributed by atoms with van der Waals surface area (Å²) >= 11 is 0. The summed E-state index contributed by atoms with van der Waals surface area (Å²) in [6.45, 7) is 8.64. The average molecular weight is 342 g/mol. The van der Waals surface area contributed by atoms with Crippen LogP contribution in [0.3, 0.4) is 0 Å². The van der Waals surface area contributed by atoms with Gasteiger partial charge in [-0.05, 0) is 48.6 Å². The van der Waals surface area contributed by atoms with E-state index in [0.717, 1.165) is 22.4 Å². The zero-order valence-corrected chi connectivity index (χ0v) is 15.3. The van der Waals surface area contributed by atoms with Crippen LogP contribution in [0, 0.1) is 19.8 Å². The Kier molecular flexibility index (Phi) is 6.45. The standard InChI is InChI=1S/C21H26O4/c1-14(2)13-24-18-10-6-9-17(11-18)12-19(21(22)23)25-20-15(3)7-5-8-16(20)4/h5-11,14,19H,12-13H2,1-4H3,(H,22,23). The molecule has 25 heavy (non-hydrogen) atoms. The predicted octanol–water partition coefficient (Wildman–Crippen LogP) is 4.41. The summed E-state index contributed by atoms with van der Waals surface area (Å²) < 4.78 is 11.6. The Bertz CT molecular complexity index is 701. The minimum atomic E-state index is -0.976.